The average Bonchev–Trinajstić information content (AvgIpc) is 3.28. The predicted molar refractivity (Wildman–Crippen MR) is 225 cm³/mol. The van der Waals surface area contributed by atoms with Gasteiger partial charge >= 0.3 is 17.9 Å². The molecular weight excluding hydrogens is 769 g/mol. The molecule has 1 saturated heterocycles. The van der Waals surface area contributed by atoms with E-state index < -0.39 is 52.2 Å². The van der Waals surface area contributed by atoms with Gasteiger partial charge in [0.05, 0.1) is 52.9 Å². The van der Waals surface area contributed by atoms with Crippen LogP contribution >= 0.6 is 0 Å². The molecule has 0 N–H and O–H groups in total. The highest BCUT2D eigenvalue weighted by atomic mass is 16.7. The second-order valence-electron chi connectivity index (χ2n) is 17.6. The third-order valence-corrected chi connectivity index (χ3v) is 9.33. The summed E-state index contributed by atoms with van der Waals surface area (Å²) in [5.74, 6) is -3.42. The number of rotatable bonds is 9. The smallest absolute Gasteiger partial charge is 0.332 e. The summed E-state index contributed by atoms with van der Waals surface area (Å²) in [6.45, 7) is 17.4. The molecule has 1 aliphatic rings. The normalized spacial score (nSPS) is 14.8. The predicted octanol–water partition coefficient (Wildman–Crippen LogP) is 5.10. The Balaban J connectivity index is 1.58. The van der Waals surface area contributed by atoms with Crippen LogP contribution in [0.15, 0.2) is 91.0 Å². The van der Waals surface area contributed by atoms with Gasteiger partial charge < -0.3 is 14.5 Å². The van der Waals surface area contributed by atoms with Gasteiger partial charge in [-0.05, 0) is 98.7 Å². The van der Waals surface area contributed by atoms with Crippen LogP contribution in [0.4, 0.5) is 0 Å². The van der Waals surface area contributed by atoms with Crippen molar-refractivity contribution < 1.29 is 43.3 Å². The summed E-state index contributed by atoms with van der Waals surface area (Å²) in [4.78, 5) is 104. The zero-order valence-electron chi connectivity index (χ0n) is 36.4. The molecule has 1 aliphatic heterocycles. The number of nitrogens with zero attached hydrogens (tertiary/aromatic N) is 6. The van der Waals surface area contributed by atoms with E-state index in [9.17, 15) is 28.8 Å². The van der Waals surface area contributed by atoms with Crippen LogP contribution in [0.25, 0.3) is 0 Å². The molecule has 3 aromatic rings. The molecule has 15 heteroatoms. The third kappa shape index (κ3) is 14.0. The number of hydrogen-bond acceptors (Lipinski definition) is 12. The van der Waals surface area contributed by atoms with Crippen LogP contribution in [0.1, 0.15) is 93.4 Å². The Morgan fingerprint density at radius 1 is 0.400 bits per heavy atom. The lowest BCUT2D eigenvalue weighted by molar-refractivity contribution is -0.190. The molecule has 0 bridgehead atoms. The highest BCUT2D eigenvalue weighted by molar-refractivity contribution is 5.92. The Morgan fingerprint density at radius 3 is 0.783 bits per heavy atom. The minimum Gasteiger partial charge on any atom is -0.332 e. The minimum absolute atomic E-state index is 0.144. The number of benzene rings is 3. The van der Waals surface area contributed by atoms with Gasteiger partial charge in [0.1, 0.15) is 0 Å². The summed E-state index contributed by atoms with van der Waals surface area (Å²) in [5.41, 5.74) is -1.79. The van der Waals surface area contributed by atoms with Crippen molar-refractivity contribution in [2.45, 2.75) is 78.9 Å². The number of carbonyl (C=O) groups is 6. The maximum atomic E-state index is 14.0. The molecule has 60 heavy (non-hydrogen) atoms. The maximum Gasteiger partial charge on any atom is 0.363 e. The zero-order valence-corrected chi connectivity index (χ0v) is 36.4. The summed E-state index contributed by atoms with van der Waals surface area (Å²) in [6.07, 6.45) is 0. The molecule has 3 amide bonds. The Kier molecular flexibility index (Phi) is 16.1. The van der Waals surface area contributed by atoms with E-state index in [0.29, 0.717) is 56.0 Å². The van der Waals surface area contributed by atoms with Crippen LogP contribution in [0.5, 0.6) is 0 Å². The molecule has 3 aromatic carbocycles. The largest absolute Gasteiger partial charge is 0.363 e. The highest BCUT2D eigenvalue weighted by Crippen LogP contribution is 2.20. The van der Waals surface area contributed by atoms with Crippen molar-refractivity contribution >= 4 is 35.6 Å². The van der Waals surface area contributed by atoms with Crippen molar-refractivity contribution in [1.29, 1.82) is 0 Å². The fourth-order valence-electron chi connectivity index (χ4n) is 6.24. The number of amides is 3. The summed E-state index contributed by atoms with van der Waals surface area (Å²) in [7, 11) is 0. The van der Waals surface area contributed by atoms with Crippen molar-refractivity contribution in [3.63, 3.8) is 0 Å². The van der Waals surface area contributed by atoms with Gasteiger partial charge in [-0.3, -0.25) is 29.1 Å². The van der Waals surface area contributed by atoms with Crippen molar-refractivity contribution in [2.75, 3.05) is 58.9 Å². The number of hydroxylamine groups is 6. The third-order valence-electron chi connectivity index (χ3n) is 9.33. The molecule has 1 heterocycles. The first kappa shape index (κ1) is 47.0. The first-order valence-corrected chi connectivity index (χ1v) is 20.1. The first-order chi connectivity index (χ1) is 28.1. The lowest BCUT2D eigenvalue weighted by Crippen LogP contribution is -2.52. The molecule has 0 unspecified atom stereocenters. The van der Waals surface area contributed by atoms with Crippen molar-refractivity contribution in [1.82, 2.24) is 29.9 Å². The molecule has 0 spiro atoms. The Morgan fingerprint density at radius 2 is 0.600 bits per heavy atom. The topological polar surface area (TPSA) is 150 Å². The molecule has 0 aromatic heterocycles. The van der Waals surface area contributed by atoms with Crippen LogP contribution in [0.3, 0.4) is 0 Å². The second-order valence-corrected chi connectivity index (χ2v) is 17.6. The Hall–Kier alpha value is -5.64. The van der Waals surface area contributed by atoms with E-state index >= 15 is 0 Å². The van der Waals surface area contributed by atoms with Gasteiger partial charge in [-0.15, -0.1) is 0 Å². The molecule has 324 valence electrons. The van der Waals surface area contributed by atoms with Crippen molar-refractivity contribution in [3.8, 4) is 0 Å². The van der Waals surface area contributed by atoms with E-state index in [1.807, 2.05) is 14.7 Å². The molecule has 0 radical (unpaired) electrons. The SMILES string of the molecule is CC(C)(C)N(OC(=O)c1ccccc1)C(=O)CN1CCN(CC(=O)N(OC(=O)c2ccccc2)C(C)(C)C)CCN(CC(=O)N(OC(=O)c2ccccc2)C(C)(C)C)CC1. The summed E-state index contributed by atoms with van der Waals surface area (Å²) in [6, 6.07) is 25.2. The first-order valence-electron chi connectivity index (χ1n) is 20.1. The van der Waals surface area contributed by atoms with Gasteiger partial charge in [0, 0.05) is 39.3 Å². The van der Waals surface area contributed by atoms with Gasteiger partial charge in [0.15, 0.2) is 0 Å². The maximum absolute atomic E-state index is 14.0. The van der Waals surface area contributed by atoms with E-state index in [-0.39, 0.29) is 19.6 Å². The molecule has 15 nitrogen and oxygen atoms in total. The summed E-state index contributed by atoms with van der Waals surface area (Å²) < 4.78 is 0. The lowest BCUT2D eigenvalue weighted by atomic mass is 10.1. The minimum atomic E-state index is -0.890. The van der Waals surface area contributed by atoms with Gasteiger partial charge in [0.25, 0.3) is 17.7 Å². The fourth-order valence-corrected chi connectivity index (χ4v) is 6.24. The molecule has 0 atom stereocenters. The molecule has 0 saturated carbocycles. The van der Waals surface area contributed by atoms with Crippen LogP contribution in [-0.2, 0) is 28.9 Å². The Bertz CT molecular complexity index is 1690. The average molecular weight is 829 g/mol. The van der Waals surface area contributed by atoms with Gasteiger partial charge in [-0.25, -0.2) is 14.4 Å². The Labute approximate surface area is 353 Å². The molecule has 0 aliphatic carbocycles. The van der Waals surface area contributed by atoms with E-state index in [1.54, 1.807) is 153 Å². The van der Waals surface area contributed by atoms with Gasteiger partial charge in [-0.1, -0.05) is 54.6 Å². The zero-order chi connectivity index (χ0) is 44.3. The van der Waals surface area contributed by atoms with Crippen LogP contribution in [0.2, 0.25) is 0 Å². The number of hydrogen-bond donors (Lipinski definition) is 0. The number of carbonyl (C=O) groups excluding carboxylic acids is 6. The monoisotopic (exact) mass is 828 g/mol. The van der Waals surface area contributed by atoms with Crippen molar-refractivity contribution in [3.05, 3.63) is 108 Å². The van der Waals surface area contributed by atoms with E-state index in [4.69, 9.17) is 14.5 Å². The fraction of sp³-hybridized carbons (Fsp3) is 0.467. The van der Waals surface area contributed by atoms with E-state index in [2.05, 4.69) is 0 Å². The quantitative estimate of drug-likeness (QED) is 0.264. The lowest BCUT2D eigenvalue weighted by Gasteiger charge is -2.35. The summed E-state index contributed by atoms with van der Waals surface area (Å²) >= 11 is 0. The highest BCUT2D eigenvalue weighted by Gasteiger charge is 2.36. The molecule has 4 rings (SSSR count). The van der Waals surface area contributed by atoms with E-state index in [0.717, 1.165) is 15.2 Å². The van der Waals surface area contributed by atoms with Gasteiger partial charge in [0.2, 0.25) is 0 Å². The van der Waals surface area contributed by atoms with Crippen LogP contribution in [0, 0.1) is 0 Å². The standard InChI is InChI=1S/C45H60N6O9/c1-43(2,3)49(58-40(55)34-19-13-10-14-20-34)37(52)31-46-25-27-47(32-38(53)50(44(4,5)6)59-41(56)35-21-15-11-16-22-35)29-30-48(28-26-46)33-39(54)51(45(7,8)9)60-42(57)36-23-17-12-18-24-36/h10-24H,25-33H2,1-9H3. The molecular formula is C45H60N6O9. The second kappa shape index (κ2) is 20.6. The summed E-state index contributed by atoms with van der Waals surface area (Å²) in [5, 5.41) is 3.26. The van der Waals surface area contributed by atoms with Crippen LogP contribution < -0.4 is 0 Å². The van der Waals surface area contributed by atoms with Crippen LogP contribution in [-0.4, -0.2) is 141 Å². The molecule has 1 fully saturated rings. The van der Waals surface area contributed by atoms with Crippen molar-refractivity contribution in [2.24, 2.45) is 0 Å². The van der Waals surface area contributed by atoms with Gasteiger partial charge in [-0.2, -0.15) is 15.2 Å². The van der Waals surface area contributed by atoms with E-state index in [1.165, 1.54) is 0 Å².